The number of hydrogen-bond acceptors (Lipinski definition) is 3. The zero-order chi connectivity index (χ0) is 19.2. The van der Waals surface area contributed by atoms with Crippen LogP contribution in [0.5, 0.6) is 0 Å². The molecule has 2 aromatic rings. The van der Waals surface area contributed by atoms with Crippen molar-refractivity contribution >= 4 is 11.9 Å². The Morgan fingerprint density at radius 1 is 0.920 bits per heavy atom. The fourth-order valence-electron chi connectivity index (χ4n) is 1.83. The molecule has 134 valence electrons. The van der Waals surface area contributed by atoms with Crippen LogP contribution in [0.4, 0.5) is 13.2 Å². The van der Waals surface area contributed by atoms with Crippen molar-refractivity contribution in [2.75, 3.05) is 0 Å². The SMILES string of the molecule is CC(N)c1ccc(C(F)(F)F)cc1.O=C(O)c1ccccc1C(=O)O. The maximum absolute atomic E-state index is 12.1. The van der Waals surface area contributed by atoms with Crippen molar-refractivity contribution in [3.05, 3.63) is 70.8 Å². The Kier molecular flexibility index (Phi) is 6.69. The van der Waals surface area contributed by atoms with E-state index in [9.17, 15) is 22.8 Å². The number of aromatic carboxylic acids is 2. The molecule has 25 heavy (non-hydrogen) atoms. The topological polar surface area (TPSA) is 101 Å². The number of halogens is 3. The molecule has 0 amide bonds. The molecule has 8 heteroatoms. The van der Waals surface area contributed by atoms with Crippen molar-refractivity contribution in [1.82, 2.24) is 0 Å². The molecule has 1 unspecified atom stereocenters. The maximum atomic E-state index is 12.1. The van der Waals surface area contributed by atoms with E-state index in [-0.39, 0.29) is 17.2 Å². The van der Waals surface area contributed by atoms with E-state index < -0.39 is 23.7 Å². The summed E-state index contributed by atoms with van der Waals surface area (Å²) in [6, 6.07) is 10.1. The maximum Gasteiger partial charge on any atom is 0.416 e. The first-order valence-corrected chi connectivity index (χ1v) is 7.02. The molecule has 1 atom stereocenters. The molecule has 0 aromatic heterocycles. The van der Waals surface area contributed by atoms with Crippen molar-refractivity contribution in [2.24, 2.45) is 5.73 Å². The molecule has 0 spiro atoms. The predicted molar refractivity (Wildman–Crippen MR) is 84.4 cm³/mol. The number of carboxylic acid groups (broad SMARTS) is 2. The second-order valence-electron chi connectivity index (χ2n) is 5.06. The number of carboxylic acids is 2. The summed E-state index contributed by atoms with van der Waals surface area (Å²) in [4.78, 5) is 20.9. The Labute approximate surface area is 141 Å². The summed E-state index contributed by atoms with van der Waals surface area (Å²) in [6.07, 6.45) is -4.27. The minimum atomic E-state index is -4.27. The van der Waals surface area contributed by atoms with Gasteiger partial charge >= 0.3 is 18.1 Å². The summed E-state index contributed by atoms with van der Waals surface area (Å²) in [6.45, 7) is 1.72. The zero-order valence-electron chi connectivity index (χ0n) is 13.1. The second-order valence-corrected chi connectivity index (χ2v) is 5.06. The van der Waals surface area contributed by atoms with Crippen LogP contribution in [0.3, 0.4) is 0 Å². The summed E-state index contributed by atoms with van der Waals surface area (Å²) in [5.41, 5.74) is 5.17. The van der Waals surface area contributed by atoms with Crippen LogP contribution in [0.2, 0.25) is 0 Å². The minimum Gasteiger partial charge on any atom is -0.478 e. The summed E-state index contributed by atoms with van der Waals surface area (Å²) in [5, 5.41) is 17.1. The van der Waals surface area contributed by atoms with Crippen LogP contribution in [0.1, 0.15) is 44.8 Å². The van der Waals surface area contributed by atoms with Crippen LogP contribution in [-0.2, 0) is 6.18 Å². The van der Waals surface area contributed by atoms with Gasteiger partial charge in [0.1, 0.15) is 0 Å². The first kappa shape index (κ1) is 20.2. The zero-order valence-corrected chi connectivity index (χ0v) is 13.1. The van der Waals surface area contributed by atoms with E-state index in [1.807, 2.05) is 0 Å². The fourth-order valence-corrected chi connectivity index (χ4v) is 1.83. The van der Waals surface area contributed by atoms with Crippen LogP contribution in [0, 0.1) is 0 Å². The van der Waals surface area contributed by atoms with Gasteiger partial charge in [0.15, 0.2) is 0 Å². The van der Waals surface area contributed by atoms with Crippen molar-refractivity contribution in [1.29, 1.82) is 0 Å². The van der Waals surface area contributed by atoms with E-state index in [0.717, 1.165) is 12.1 Å². The van der Waals surface area contributed by atoms with Gasteiger partial charge in [-0.05, 0) is 36.8 Å². The second kappa shape index (κ2) is 8.29. The van der Waals surface area contributed by atoms with E-state index in [4.69, 9.17) is 15.9 Å². The number of nitrogens with two attached hydrogens (primary N) is 1. The number of rotatable bonds is 3. The molecular formula is C17H16F3NO4. The van der Waals surface area contributed by atoms with Crippen LogP contribution in [0.25, 0.3) is 0 Å². The highest BCUT2D eigenvalue weighted by molar-refractivity contribution is 6.01. The van der Waals surface area contributed by atoms with Gasteiger partial charge in [0, 0.05) is 6.04 Å². The minimum absolute atomic E-state index is 0.190. The standard InChI is InChI=1S/C9H10F3N.C8H6O4/c1-6(13)7-2-4-8(5-3-7)9(10,11)12;9-7(10)5-3-1-2-4-6(5)8(11)12/h2-6H,13H2,1H3;1-4H,(H,9,10)(H,11,12). The highest BCUT2D eigenvalue weighted by Crippen LogP contribution is 2.29. The van der Waals surface area contributed by atoms with E-state index in [1.54, 1.807) is 6.92 Å². The van der Waals surface area contributed by atoms with Gasteiger partial charge in [0.05, 0.1) is 16.7 Å². The quantitative estimate of drug-likeness (QED) is 0.777. The Morgan fingerprint density at radius 3 is 1.60 bits per heavy atom. The van der Waals surface area contributed by atoms with E-state index in [2.05, 4.69) is 0 Å². The van der Waals surface area contributed by atoms with Gasteiger partial charge in [-0.2, -0.15) is 13.2 Å². The smallest absolute Gasteiger partial charge is 0.416 e. The van der Waals surface area contributed by atoms with Crippen LogP contribution in [-0.4, -0.2) is 22.2 Å². The van der Waals surface area contributed by atoms with E-state index in [1.165, 1.54) is 36.4 Å². The fraction of sp³-hybridized carbons (Fsp3) is 0.176. The lowest BCUT2D eigenvalue weighted by Crippen LogP contribution is -2.07. The predicted octanol–water partition coefficient (Wildman–Crippen LogP) is 3.81. The number of alkyl halides is 3. The Bertz CT molecular complexity index is 707. The van der Waals surface area contributed by atoms with Crippen LogP contribution in [0.15, 0.2) is 48.5 Å². The van der Waals surface area contributed by atoms with Gasteiger partial charge in [-0.25, -0.2) is 9.59 Å². The molecule has 0 saturated heterocycles. The lowest BCUT2D eigenvalue weighted by Gasteiger charge is -2.09. The molecule has 0 bridgehead atoms. The van der Waals surface area contributed by atoms with Crippen molar-refractivity contribution < 1.29 is 33.0 Å². The Hall–Kier alpha value is -2.87. The normalized spacial score (nSPS) is 11.9. The molecule has 0 radical (unpaired) electrons. The molecule has 0 aliphatic carbocycles. The lowest BCUT2D eigenvalue weighted by molar-refractivity contribution is -0.137. The van der Waals surface area contributed by atoms with Crippen molar-refractivity contribution in [2.45, 2.75) is 19.1 Å². The highest BCUT2D eigenvalue weighted by Gasteiger charge is 2.29. The van der Waals surface area contributed by atoms with Crippen molar-refractivity contribution in [3.63, 3.8) is 0 Å². The molecule has 2 aromatic carbocycles. The monoisotopic (exact) mass is 355 g/mol. The average molecular weight is 355 g/mol. The summed E-state index contributed by atoms with van der Waals surface area (Å²) in [7, 11) is 0. The first-order chi connectivity index (χ1) is 11.5. The molecule has 0 heterocycles. The number of benzene rings is 2. The van der Waals surface area contributed by atoms with Gasteiger partial charge in [-0.15, -0.1) is 0 Å². The van der Waals surface area contributed by atoms with Crippen molar-refractivity contribution in [3.8, 4) is 0 Å². The summed E-state index contributed by atoms with van der Waals surface area (Å²) in [5.74, 6) is -2.46. The van der Waals surface area contributed by atoms with Crippen LogP contribution < -0.4 is 5.73 Å². The third kappa shape index (κ3) is 5.92. The van der Waals surface area contributed by atoms with E-state index >= 15 is 0 Å². The average Bonchev–Trinajstić information content (AvgIpc) is 2.54. The Morgan fingerprint density at radius 2 is 1.32 bits per heavy atom. The largest absolute Gasteiger partial charge is 0.478 e. The molecule has 0 fully saturated rings. The van der Waals surface area contributed by atoms with Gasteiger partial charge in [0.25, 0.3) is 0 Å². The molecule has 2 rings (SSSR count). The summed E-state index contributed by atoms with van der Waals surface area (Å²) >= 11 is 0. The van der Waals surface area contributed by atoms with Crippen LogP contribution >= 0.6 is 0 Å². The van der Waals surface area contributed by atoms with Gasteiger partial charge in [-0.3, -0.25) is 0 Å². The first-order valence-electron chi connectivity index (χ1n) is 7.02. The van der Waals surface area contributed by atoms with Gasteiger partial charge < -0.3 is 15.9 Å². The third-order valence-electron chi connectivity index (χ3n) is 3.15. The molecule has 0 aliphatic heterocycles. The third-order valence-corrected chi connectivity index (χ3v) is 3.15. The lowest BCUT2D eigenvalue weighted by atomic mass is 10.1. The molecule has 5 nitrogen and oxygen atoms in total. The van der Waals surface area contributed by atoms with Gasteiger partial charge in [-0.1, -0.05) is 24.3 Å². The Balaban J connectivity index is 0.000000251. The number of carbonyl (C=O) groups is 2. The molecule has 0 aliphatic rings. The molecule has 4 N–H and O–H groups in total. The summed E-state index contributed by atoms with van der Waals surface area (Å²) < 4.78 is 36.3. The highest BCUT2D eigenvalue weighted by atomic mass is 19.4. The number of hydrogen-bond donors (Lipinski definition) is 3. The molecule has 0 saturated carbocycles. The van der Waals surface area contributed by atoms with E-state index in [0.29, 0.717) is 5.56 Å². The molecular weight excluding hydrogens is 339 g/mol. The van der Waals surface area contributed by atoms with Gasteiger partial charge in [0.2, 0.25) is 0 Å².